The van der Waals surface area contributed by atoms with E-state index in [4.69, 9.17) is 10.4 Å². The molecule has 0 saturated carbocycles. The van der Waals surface area contributed by atoms with Gasteiger partial charge in [-0.15, -0.1) is 0 Å². The minimum absolute atomic E-state index is 0.0149. The van der Waals surface area contributed by atoms with E-state index in [0.717, 1.165) is 6.20 Å². The van der Waals surface area contributed by atoms with Crippen LogP contribution in [-0.2, 0) is 0 Å². The van der Waals surface area contributed by atoms with Gasteiger partial charge in [0.05, 0.1) is 11.1 Å². The Hall–Kier alpha value is -1.30. The quantitative estimate of drug-likeness (QED) is 0.668. The minimum Gasteiger partial charge on any atom is -0.478 e. The number of hydrogen-bond acceptors (Lipinski definition) is 3. The SMILES string of the molecule is N#Cc1c(C(F)F)cnc(I)c1C(=O)O. The van der Waals surface area contributed by atoms with Gasteiger partial charge in [-0.1, -0.05) is 0 Å². The third-order valence-electron chi connectivity index (χ3n) is 1.62. The number of hydrogen-bond donors (Lipinski definition) is 1. The second-order valence-corrected chi connectivity index (χ2v) is 3.49. The van der Waals surface area contributed by atoms with Gasteiger partial charge in [0, 0.05) is 6.20 Å². The number of carbonyl (C=O) groups is 1. The molecule has 0 atom stereocenters. The number of aromatic carboxylic acids is 1. The third kappa shape index (κ3) is 2.20. The number of carboxylic acid groups (broad SMARTS) is 1. The van der Waals surface area contributed by atoms with Crippen LogP contribution in [0.3, 0.4) is 0 Å². The fourth-order valence-electron chi connectivity index (χ4n) is 0.984. The monoisotopic (exact) mass is 324 g/mol. The molecular weight excluding hydrogens is 321 g/mol. The summed E-state index contributed by atoms with van der Waals surface area (Å²) in [6, 6.07) is 1.46. The molecule has 0 bridgehead atoms. The highest BCUT2D eigenvalue weighted by Gasteiger charge is 2.23. The van der Waals surface area contributed by atoms with Gasteiger partial charge < -0.3 is 5.11 Å². The van der Waals surface area contributed by atoms with Gasteiger partial charge in [-0.3, -0.25) is 0 Å². The van der Waals surface area contributed by atoms with Crippen molar-refractivity contribution < 1.29 is 18.7 Å². The van der Waals surface area contributed by atoms with Crippen LogP contribution in [0.2, 0.25) is 0 Å². The lowest BCUT2D eigenvalue weighted by Gasteiger charge is -2.06. The molecule has 0 amide bonds. The van der Waals surface area contributed by atoms with Crippen LogP contribution in [0, 0.1) is 15.0 Å². The van der Waals surface area contributed by atoms with Crippen LogP contribution < -0.4 is 0 Å². The Kier molecular flexibility index (Phi) is 3.52. The molecule has 1 N–H and O–H groups in total. The van der Waals surface area contributed by atoms with Crippen molar-refractivity contribution in [2.24, 2.45) is 0 Å². The highest BCUT2D eigenvalue weighted by Crippen LogP contribution is 2.26. The zero-order chi connectivity index (χ0) is 11.6. The van der Waals surface area contributed by atoms with Crippen LogP contribution in [0.1, 0.15) is 27.9 Å². The first-order valence-corrected chi connectivity index (χ1v) is 4.66. The summed E-state index contributed by atoms with van der Waals surface area (Å²) in [4.78, 5) is 14.2. The van der Waals surface area contributed by atoms with Crippen LogP contribution in [-0.4, -0.2) is 16.1 Å². The van der Waals surface area contributed by atoms with E-state index in [9.17, 15) is 13.6 Å². The van der Waals surface area contributed by atoms with E-state index < -0.39 is 29.1 Å². The first-order chi connectivity index (χ1) is 6.99. The number of aromatic nitrogens is 1. The van der Waals surface area contributed by atoms with Crippen molar-refractivity contribution in [3.63, 3.8) is 0 Å². The maximum Gasteiger partial charge on any atom is 0.339 e. The number of nitrogens with zero attached hydrogens (tertiary/aromatic N) is 2. The molecule has 0 aromatic carbocycles. The van der Waals surface area contributed by atoms with Gasteiger partial charge in [0.15, 0.2) is 0 Å². The first kappa shape index (κ1) is 11.8. The molecule has 0 fully saturated rings. The van der Waals surface area contributed by atoms with Gasteiger partial charge in [0.25, 0.3) is 6.43 Å². The number of halogens is 3. The molecule has 1 heterocycles. The normalized spacial score (nSPS) is 10.1. The molecule has 4 nitrogen and oxygen atoms in total. The summed E-state index contributed by atoms with van der Waals surface area (Å²) in [5.74, 6) is -1.44. The highest BCUT2D eigenvalue weighted by atomic mass is 127. The first-order valence-electron chi connectivity index (χ1n) is 3.59. The Morgan fingerprint density at radius 1 is 1.67 bits per heavy atom. The lowest BCUT2D eigenvalue weighted by Crippen LogP contribution is -2.08. The molecular formula is C8H3F2IN2O2. The van der Waals surface area contributed by atoms with Gasteiger partial charge in [-0.05, 0) is 22.6 Å². The van der Waals surface area contributed by atoms with Crippen molar-refractivity contribution in [2.75, 3.05) is 0 Å². The van der Waals surface area contributed by atoms with Crippen molar-refractivity contribution in [3.8, 4) is 6.07 Å². The Bertz CT molecular complexity index is 457. The van der Waals surface area contributed by atoms with E-state index in [1.165, 1.54) is 6.07 Å². The lowest BCUT2D eigenvalue weighted by molar-refractivity contribution is 0.0694. The lowest BCUT2D eigenvalue weighted by atomic mass is 10.1. The van der Waals surface area contributed by atoms with Crippen LogP contribution in [0.4, 0.5) is 8.78 Å². The second kappa shape index (κ2) is 4.48. The molecule has 0 radical (unpaired) electrons. The van der Waals surface area contributed by atoms with Crippen molar-refractivity contribution in [2.45, 2.75) is 6.43 Å². The summed E-state index contributed by atoms with van der Waals surface area (Å²) in [6.45, 7) is 0. The van der Waals surface area contributed by atoms with E-state index in [1.807, 2.05) is 0 Å². The molecule has 0 spiro atoms. The molecule has 0 aliphatic carbocycles. The number of rotatable bonds is 2. The average Bonchev–Trinajstić information content (AvgIpc) is 2.15. The van der Waals surface area contributed by atoms with E-state index >= 15 is 0 Å². The molecule has 0 aliphatic rings. The van der Waals surface area contributed by atoms with Crippen molar-refractivity contribution in [1.82, 2.24) is 4.98 Å². The van der Waals surface area contributed by atoms with E-state index in [1.54, 1.807) is 22.6 Å². The van der Waals surface area contributed by atoms with Gasteiger partial charge in [0.2, 0.25) is 0 Å². The van der Waals surface area contributed by atoms with Crippen LogP contribution in [0.15, 0.2) is 6.20 Å². The molecule has 78 valence electrons. The van der Waals surface area contributed by atoms with E-state index in [2.05, 4.69) is 4.98 Å². The summed E-state index contributed by atoms with van der Waals surface area (Å²) in [6.07, 6.45) is -2.10. The zero-order valence-corrected chi connectivity index (χ0v) is 9.20. The number of carboxylic acids is 1. The number of pyridine rings is 1. The molecule has 7 heteroatoms. The maximum atomic E-state index is 12.4. The van der Waals surface area contributed by atoms with Gasteiger partial charge in [-0.2, -0.15) is 5.26 Å². The zero-order valence-electron chi connectivity index (χ0n) is 7.04. The molecule has 1 aromatic rings. The van der Waals surface area contributed by atoms with Crippen LogP contribution >= 0.6 is 22.6 Å². The standard InChI is InChI=1S/C8H3F2IN2O2/c9-6(10)4-2-13-7(11)5(8(14)15)3(4)1-12/h2,6H,(H,14,15). The Morgan fingerprint density at radius 3 is 2.67 bits per heavy atom. The number of nitriles is 1. The number of alkyl halides is 2. The molecule has 0 saturated heterocycles. The third-order valence-corrected chi connectivity index (χ3v) is 2.44. The maximum absolute atomic E-state index is 12.4. The molecule has 0 aliphatic heterocycles. The van der Waals surface area contributed by atoms with Crippen molar-refractivity contribution in [1.29, 1.82) is 5.26 Å². The minimum atomic E-state index is -2.91. The van der Waals surface area contributed by atoms with Gasteiger partial charge in [0.1, 0.15) is 15.3 Å². The summed E-state index contributed by atoms with van der Waals surface area (Å²) in [5.41, 5.74) is -1.66. The van der Waals surface area contributed by atoms with Crippen molar-refractivity contribution >= 4 is 28.6 Å². The Balaban J connectivity index is 3.56. The molecule has 15 heavy (non-hydrogen) atoms. The largest absolute Gasteiger partial charge is 0.478 e. The molecule has 1 aromatic heterocycles. The fraction of sp³-hybridized carbons (Fsp3) is 0.125. The summed E-state index contributed by atoms with van der Waals surface area (Å²) >= 11 is 1.58. The van der Waals surface area contributed by atoms with Gasteiger partial charge >= 0.3 is 5.97 Å². The smallest absolute Gasteiger partial charge is 0.339 e. The summed E-state index contributed by atoms with van der Waals surface area (Å²) < 4.78 is 24.8. The van der Waals surface area contributed by atoms with Gasteiger partial charge in [-0.25, -0.2) is 18.6 Å². The second-order valence-electron chi connectivity index (χ2n) is 2.47. The topological polar surface area (TPSA) is 74.0 Å². The molecule has 0 unspecified atom stereocenters. The van der Waals surface area contributed by atoms with Crippen LogP contribution in [0.5, 0.6) is 0 Å². The Morgan fingerprint density at radius 2 is 2.27 bits per heavy atom. The summed E-state index contributed by atoms with van der Waals surface area (Å²) in [7, 11) is 0. The molecule has 1 rings (SSSR count). The van der Waals surface area contributed by atoms with Crippen molar-refractivity contribution in [3.05, 3.63) is 26.6 Å². The predicted octanol–water partition coefficient (Wildman–Crippen LogP) is 2.19. The van der Waals surface area contributed by atoms with E-state index in [-0.39, 0.29) is 3.70 Å². The fourth-order valence-corrected chi connectivity index (χ4v) is 1.62. The highest BCUT2D eigenvalue weighted by molar-refractivity contribution is 14.1. The Labute approximate surface area is 96.7 Å². The summed E-state index contributed by atoms with van der Waals surface area (Å²) in [5, 5.41) is 17.4. The predicted molar refractivity (Wildman–Crippen MR) is 53.6 cm³/mol. The average molecular weight is 324 g/mol. The van der Waals surface area contributed by atoms with E-state index in [0.29, 0.717) is 0 Å². The van der Waals surface area contributed by atoms with Crippen LogP contribution in [0.25, 0.3) is 0 Å².